The third-order valence-electron chi connectivity index (χ3n) is 5.28. The van der Waals surface area contributed by atoms with Crippen molar-refractivity contribution >= 4 is 34.2 Å². The zero-order chi connectivity index (χ0) is 20.9. The summed E-state index contributed by atoms with van der Waals surface area (Å²) in [4.78, 5) is 18.4. The van der Waals surface area contributed by atoms with E-state index in [1.165, 1.54) is 4.90 Å². The van der Waals surface area contributed by atoms with Crippen LogP contribution in [0, 0.1) is 13.8 Å². The van der Waals surface area contributed by atoms with Crippen molar-refractivity contribution in [3.8, 4) is 0 Å². The Kier molecular flexibility index (Phi) is 6.33. The molecule has 0 aliphatic rings. The van der Waals surface area contributed by atoms with Crippen LogP contribution in [-0.2, 0) is 11.2 Å². The maximum absolute atomic E-state index is 12.3. The fourth-order valence-electron chi connectivity index (χ4n) is 3.67. The van der Waals surface area contributed by atoms with Gasteiger partial charge in [-0.3, -0.25) is 4.79 Å². The second-order valence-electron chi connectivity index (χ2n) is 7.38. The molecule has 0 saturated heterocycles. The predicted molar refractivity (Wildman–Crippen MR) is 123 cm³/mol. The SMILES string of the molecule is Cc1nc2c3ccccc3nn2c(C)c1CCC(=O)NCCCSc1ccccc1. The highest BCUT2D eigenvalue weighted by atomic mass is 32.2. The number of carbonyl (C=O) groups is 1. The number of nitrogens with one attached hydrogen (secondary N) is 1. The molecule has 0 atom stereocenters. The number of hydrogen-bond donors (Lipinski definition) is 1. The van der Waals surface area contributed by atoms with Gasteiger partial charge in [-0.05, 0) is 62.3 Å². The van der Waals surface area contributed by atoms with Crippen LogP contribution in [0.2, 0.25) is 0 Å². The first-order valence-corrected chi connectivity index (χ1v) is 11.3. The van der Waals surface area contributed by atoms with Crippen LogP contribution >= 0.6 is 11.8 Å². The average Bonchev–Trinajstić information content (AvgIpc) is 3.13. The number of thioether (sulfide) groups is 1. The topological polar surface area (TPSA) is 59.3 Å². The Morgan fingerprint density at radius 2 is 1.83 bits per heavy atom. The Balaban J connectivity index is 1.32. The summed E-state index contributed by atoms with van der Waals surface area (Å²) < 4.78 is 1.91. The van der Waals surface area contributed by atoms with Gasteiger partial charge in [-0.2, -0.15) is 5.10 Å². The van der Waals surface area contributed by atoms with Crippen LogP contribution in [0.5, 0.6) is 0 Å². The molecule has 4 rings (SSSR count). The van der Waals surface area contributed by atoms with E-state index in [9.17, 15) is 4.79 Å². The molecule has 0 aliphatic heterocycles. The summed E-state index contributed by atoms with van der Waals surface area (Å²) in [7, 11) is 0. The number of nitrogens with zero attached hydrogens (tertiary/aromatic N) is 3. The summed E-state index contributed by atoms with van der Waals surface area (Å²) in [6.45, 7) is 4.78. The summed E-state index contributed by atoms with van der Waals surface area (Å²) in [5, 5.41) is 8.79. The molecule has 1 N–H and O–H groups in total. The fourth-order valence-corrected chi connectivity index (χ4v) is 4.55. The Labute approximate surface area is 180 Å². The summed E-state index contributed by atoms with van der Waals surface area (Å²) in [6, 6.07) is 18.4. The molecule has 0 bridgehead atoms. The van der Waals surface area contributed by atoms with E-state index in [0.717, 1.165) is 45.7 Å². The number of amides is 1. The Hall–Kier alpha value is -2.86. The normalized spacial score (nSPS) is 11.3. The van der Waals surface area contributed by atoms with Gasteiger partial charge < -0.3 is 5.32 Å². The van der Waals surface area contributed by atoms with Crippen LogP contribution in [0.25, 0.3) is 16.6 Å². The molecule has 0 radical (unpaired) electrons. The van der Waals surface area contributed by atoms with Crippen molar-refractivity contribution in [1.82, 2.24) is 19.9 Å². The van der Waals surface area contributed by atoms with E-state index in [-0.39, 0.29) is 5.91 Å². The molecule has 1 amide bonds. The molecule has 2 aromatic carbocycles. The van der Waals surface area contributed by atoms with Crippen LogP contribution in [0.3, 0.4) is 0 Å². The molecule has 4 aromatic rings. The van der Waals surface area contributed by atoms with Crippen molar-refractivity contribution in [3.05, 3.63) is 71.5 Å². The number of hydrogen-bond acceptors (Lipinski definition) is 4. The second-order valence-corrected chi connectivity index (χ2v) is 8.55. The zero-order valence-corrected chi connectivity index (χ0v) is 18.2. The van der Waals surface area contributed by atoms with Crippen LogP contribution in [-0.4, -0.2) is 32.8 Å². The van der Waals surface area contributed by atoms with E-state index < -0.39 is 0 Å². The highest BCUT2D eigenvalue weighted by Gasteiger charge is 2.14. The largest absolute Gasteiger partial charge is 0.356 e. The van der Waals surface area contributed by atoms with Crippen LogP contribution in [0.1, 0.15) is 29.8 Å². The number of rotatable bonds is 8. The molecule has 0 spiro atoms. The van der Waals surface area contributed by atoms with Gasteiger partial charge in [0.25, 0.3) is 0 Å². The Morgan fingerprint density at radius 3 is 2.67 bits per heavy atom. The smallest absolute Gasteiger partial charge is 0.220 e. The summed E-state index contributed by atoms with van der Waals surface area (Å²) >= 11 is 1.82. The lowest BCUT2D eigenvalue weighted by Gasteiger charge is -2.11. The molecule has 30 heavy (non-hydrogen) atoms. The van der Waals surface area contributed by atoms with Crippen LogP contribution < -0.4 is 5.32 Å². The maximum atomic E-state index is 12.3. The fraction of sp³-hybridized carbons (Fsp3) is 0.292. The third-order valence-corrected chi connectivity index (χ3v) is 6.37. The van der Waals surface area contributed by atoms with Crippen molar-refractivity contribution in [1.29, 1.82) is 0 Å². The Bertz CT molecular complexity index is 1170. The van der Waals surface area contributed by atoms with E-state index in [1.54, 1.807) is 0 Å². The van der Waals surface area contributed by atoms with E-state index >= 15 is 0 Å². The molecule has 0 saturated carbocycles. The van der Waals surface area contributed by atoms with Gasteiger partial charge in [-0.1, -0.05) is 30.3 Å². The molecular formula is C24H26N4OS. The predicted octanol–water partition coefficient (Wildman–Crippen LogP) is 4.73. The lowest BCUT2D eigenvalue weighted by atomic mass is 10.1. The first kappa shape index (κ1) is 20.4. The molecule has 6 heteroatoms. The minimum atomic E-state index is 0.0873. The lowest BCUT2D eigenvalue weighted by molar-refractivity contribution is -0.121. The minimum Gasteiger partial charge on any atom is -0.356 e. The van der Waals surface area contributed by atoms with Gasteiger partial charge in [0.1, 0.15) is 0 Å². The number of aromatic nitrogens is 3. The quantitative estimate of drug-likeness (QED) is 0.332. The van der Waals surface area contributed by atoms with Crippen LogP contribution in [0.4, 0.5) is 0 Å². The highest BCUT2D eigenvalue weighted by molar-refractivity contribution is 7.99. The number of carbonyl (C=O) groups excluding carboxylic acids is 1. The van der Waals surface area contributed by atoms with Crippen molar-refractivity contribution < 1.29 is 4.79 Å². The molecule has 0 fully saturated rings. The average molecular weight is 419 g/mol. The Morgan fingerprint density at radius 1 is 1.07 bits per heavy atom. The van der Waals surface area contributed by atoms with Crippen molar-refractivity contribution in [2.24, 2.45) is 0 Å². The van der Waals surface area contributed by atoms with E-state index in [1.807, 2.05) is 65.7 Å². The number of benzene rings is 2. The molecule has 0 aliphatic carbocycles. The molecule has 2 heterocycles. The van der Waals surface area contributed by atoms with Gasteiger partial charge in [-0.25, -0.2) is 9.50 Å². The summed E-state index contributed by atoms with van der Waals surface area (Å²) in [5.41, 5.74) is 4.95. The number of aryl methyl sites for hydroxylation is 2. The molecule has 154 valence electrons. The second kappa shape index (κ2) is 9.30. The van der Waals surface area contributed by atoms with Gasteiger partial charge in [0, 0.05) is 34.6 Å². The van der Waals surface area contributed by atoms with E-state index in [2.05, 4.69) is 29.5 Å². The monoisotopic (exact) mass is 418 g/mol. The molecule has 0 unspecified atom stereocenters. The van der Waals surface area contributed by atoms with Crippen molar-refractivity contribution in [2.45, 2.75) is 38.0 Å². The lowest BCUT2D eigenvalue weighted by Crippen LogP contribution is -2.25. The summed E-state index contributed by atoms with van der Waals surface area (Å²) in [6.07, 6.45) is 2.08. The van der Waals surface area contributed by atoms with Gasteiger partial charge in [-0.15, -0.1) is 11.8 Å². The van der Waals surface area contributed by atoms with Crippen molar-refractivity contribution in [3.63, 3.8) is 0 Å². The van der Waals surface area contributed by atoms with Gasteiger partial charge >= 0.3 is 0 Å². The molecule has 2 aromatic heterocycles. The first-order valence-electron chi connectivity index (χ1n) is 10.3. The van der Waals surface area contributed by atoms with E-state index in [0.29, 0.717) is 19.4 Å². The molecular weight excluding hydrogens is 392 g/mol. The van der Waals surface area contributed by atoms with Gasteiger partial charge in [0.2, 0.25) is 5.91 Å². The third kappa shape index (κ3) is 4.49. The first-order chi connectivity index (χ1) is 14.6. The van der Waals surface area contributed by atoms with Crippen LogP contribution in [0.15, 0.2) is 59.5 Å². The van der Waals surface area contributed by atoms with Gasteiger partial charge in [0.15, 0.2) is 5.65 Å². The minimum absolute atomic E-state index is 0.0873. The maximum Gasteiger partial charge on any atom is 0.220 e. The standard InChI is InChI=1S/C24H26N4OS/c1-17-20(18(2)28-24(26-17)21-11-6-7-12-22(21)27-28)13-14-23(29)25-15-8-16-30-19-9-4-3-5-10-19/h3-7,9-12H,8,13-16H2,1-2H3,(H,25,29). The van der Waals surface area contributed by atoms with Gasteiger partial charge in [0.05, 0.1) is 5.52 Å². The van der Waals surface area contributed by atoms with Crippen molar-refractivity contribution in [2.75, 3.05) is 12.3 Å². The summed E-state index contributed by atoms with van der Waals surface area (Å²) in [5.74, 6) is 1.08. The van der Waals surface area contributed by atoms with E-state index in [4.69, 9.17) is 4.98 Å². The zero-order valence-electron chi connectivity index (χ0n) is 17.4. The number of fused-ring (bicyclic) bond motifs is 3. The highest BCUT2D eigenvalue weighted by Crippen LogP contribution is 2.23. The molecule has 5 nitrogen and oxygen atoms in total.